The van der Waals surface area contributed by atoms with E-state index in [0.717, 1.165) is 71.1 Å². The molecule has 1 aromatic carbocycles. The Morgan fingerprint density at radius 1 is 1.00 bits per heavy atom. The summed E-state index contributed by atoms with van der Waals surface area (Å²) >= 11 is 0. The Hall–Kier alpha value is -1.18. The van der Waals surface area contributed by atoms with E-state index in [1.807, 2.05) is 19.1 Å². The Morgan fingerprint density at radius 2 is 1.74 bits per heavy atom. The summed E-state index contributed by atoms with van der Waals surface area (Å²) in [5.41, 5.74) is 0.689. The number of piperazine rings is 1. The minimum Gasteiger partial charge on any atom is -0.491 e. The number of ether oxygens (including phenoxy) is 2. The summed E-state index contributed by atoms with van der Waals surface area (Å²) in [5.74, 6) is 0.881. The summed E-state index contributed by atoms with van der Waals surface area (Å²) in [6.07, 6.45) is 0.859. The molecule has 0 aromatic heterocycles. The molecule has 1 N–H and O–H groups in total. The van der Waals surface area contributed by atoms with Gasteiger partial charge in [-0.25, -0.2) is 0 Å². The summed E-state index contributed by atoms with van der Waals surface area (Å²) in [6.45, 7) is 11.6. The van der Waals surface area contributed by atoms with Crippen LogP contribution in [0.2, 0.25) is 0 Å². The van der Waals surface area contributed by atoms with E-state index in [-0.39, 0.29) is 0 Å². The fourth-order valence-electron chi connectivity index (χ4n) is 3.94. The summed E-state index contributed by atoms with van der Waals surface area (Å²) in [5, 5.41) is 11.0. The molecule has 0 aliphatic carbocycles. The first-order valence-corrected chi connectivity index (χ1v) is 10.2. The Kier molecular flexibility index (Phi) is 7.49. The molecule has 2 aliphatic heterocycles. The van der Waals surface area contributed by atoms with Gasteiger partial charge in [-0.2, -0.15) is 0 Å². The molecule has 0 saturated carbocycles. The van der Waals surface area contributed by atoms with E-state index in [2.05, 4.69) is 33.9 Å². The SMILES string of the molecule is CCOCCOc1ccc(CN2CC[C@](O)(CN3CCN(C)CC3)C2)cc1. The molecule has 2 heterocycles. The third-order valence-corrected chi connectivity index (χ3v) is 5.56. The molecule has 1 atom stereocenters. The molecule has 0 bridgehead atoms. The van der Waals surface area contributed by atoms with Crippen LogP contribution in [-0.2, 0) is 11.3 Å². The van der Waals surface area contributed by atoms with Crippen molar-refractivity contribution in [3.05, 3.63) is 29.8 Å². The van der Waals surface area contributed by atoms with Crippen LogP contribution in [0, 0.1) is 0 Å². The number of likely N-dealkylation sites (N-methyl/N-ethyl adjacent to an activating group) is 1. The third-order valence-electron chi connectivity index (χ3n) is 5.56. The lowest BCUT2D eigenvalue weighted by Crippen LogP contribution is -2.51. The molecular formula is C21H35N3O3. The van der Waals surface area contributed by atoms with Gasteiger partial charge in [0.15, 0.2) is 0 Å². The van der Waals surface area contributed by atoms with Crippen LogP contribution in [0.4, 0.5) is 0 Å². The lowest BCUT2D eigenvalue weighted by atomic mass is 10.0. The minimum absolute atomic E-state index is 0.571. The fraction of sp³-hybridized carbons (Fsp3) is 0.714. The number of rotatable bonds is 9. The maximum Gasteiger partial charge on any atom is 0.119 e. The molecule has 6 nitrogen and oxygen atoms in total. The Balaban J connectivity index is 1.42. The van der Waals surface area contributed by atoms with Crippen molar-refractivity contribution < 1.29 is 14.6 Å². The van der Waals surface area contributed by atoms with Crippen molar-refractivity contribution in [2.45, 2.75) is 25.5 Å². The molecule has 2 fully saturated rings. The highest BCUT2D eigenvalue weighted by Gasteiger charge is 2.37. The van der Waals surface area contributed by atoms with Crippen LogP contribution in [0.15, 0.2) is 24.3 Å². The molecule has 2 aliphatic rings. The number of hydrogen-bond donors (Lipinski definition) is 1. The van der Waals surface area contributed by atoms with Crippen molar-refractivity contribution in [2.24, 2.45) is 0 Å². The number of likely N-dealkylation sites (tertiary alicyclic amines) is 1. The quantitative estimate of drug-likeness (QED) is 0.655. The topological polar surface area (TPSA) is 48.4 Å². The van der Waals surface area contributed by atoms with Crippen molar-refractivity contribution in [1.29, 1.82) is 0 Å². The van der Waals surface area contributed by atoms with Gasteiger partial charge in [0, 0.05) is 59.0 Å². The van der Waals surface area contributed by atoms with Gasteiger partial charge in [-0.3, -0.25) is 9.80 Å². The van der Waals surface area contributed by atoms with Gasteiger partial charge < -0.3 is 19.5 Å². The molecule has 0 unspecified atom stereocenters. The highest BCUT2D eigenvalue weighted by molar-refractivity contribution is 5.27. The van der Waals surface area contributed by atoms with Gasteiger partial charge in [0.1, 0.15) is 12.4 Å². The molecular weight excluding hydrogens is 342 g/mol. The predicted octanol–water partition coefficient (Wildman–Crippen LogP) is 1.29. The number of β-amino-alcohol motifs (C(OH)–C–C–N with tert-alkyl or cyclic N) is 1. The van der Waals surface area contributed by atoms with Crippen LogP contribution in [0.1, 0.15) is 18.9 Å². The average molecular weight is 378 g/mol. The van der Waals surface area contributed by atoms with Gasteiger partial charge in [-0.15, -0.1) is 0 Å². The van der Waals surface area contributed by atoms with E-state index in [0.29, 0.717) is 13.2 Å². The molecule has 6 heteroatoms. The van der Waals surface area contributed by atoms with Crippen LogP contribution in [0.5, 0.6) is 5.75 Å². The summed E-state index contributed by atoms with van der Waals surface area (Å²) in [7, 11) is 2.17. The van der Waals surface area contributed by atoms with Crippen molar-refractivity contribution in [2.75, 3.05) is 72.7 Å². The number of benzene rings is 1. The molecule has 0 radical (unpaired) electrons. The number of hydrogen-bond acceptors (Lipinski definition) is 6. The van der Waals surface area contributed by atoms with Gasteiger partial charge >= 0.3 is 0 Å². The first-order chi connectivity index (χ1) is 13.1. The first kappa shape index (κ1) is 20.6. The van der Waals surface area contributed by atoms with Crippen LogP contribution >= 0.6 is 0 Å². The summed E-state index contributed by atoms with van der Waals surface area (Å²) in [4.78, 5) is 7.13. The van der Waals surface area contributed by atoms with E-state index < -0.39 is 5.60 Å². The Bertz CT molecular complexity index is 560. The molecule has 2 saturated heterocycles. The van der Waals surface area contributed by atoms with Crippen molar-refractivity contribution >= 4 is 0 Å². The molecule has 3 rings (SSSR count). The minimum atomic E-state index is -0.571. The summed E-state index contributed by atoms with van der Waals surface area (Å²) in [6, 6.07) is 8.28. The van der Waals surface area contributed by atoms with Crippen LogP contribution in [0.25, 0.3) is 0 Å². The van der Waals surface area contributed by atoms with E-state index >= 15 is 0 Å². The van der Waals surface area contributed by atoms with Gasteiger partial charge in [-0.1, -0.05) is 12.1 Å². The van der Waals surface area contributed by atoms with Gasteiger partial charge in [0.05, 0.1) is 12.2 Å². The van der Waals surface area contributed by atoms with Crippen molar-refractivity contribution in [1.82, 2.24) is 14.7 Å². The maximum atomic E-state index is 11.0. The second-order valence-electron chi connectivity index (χ2n) is 7.95. The molecule has 1 aromatic rings. The highest BCUT2D eigenvalue weighted by atomic mass is 16.5. The molecule has 27 heavy (non-hydrogen) atoms. The van der Waals surface area contributed by atoms with E-state index in [4.69, 9.17) is 9.47 Å². The monoisotopic (exact) mass is 377 g/mol. The highest BCUT2D eigenvalue weighted by Crippen LogP contribution is 2.25. The second kappa shape index (κ2) is 9.85. The Morgan fingerprint density at radius 3 is 2.44 bits per heavy atom. The van der Waals surface area contributed by atoms with E-state index in [1.54, 1.807) is 0 Å². The summed E-state index contributed by atoms with van der Waals surface area (Å²) < 4.78 is 11.0. The zero-order valence-electron chi connectivity index (χ0n) is 16.9. The number of nitrogens with zero attached hydrogens (tertiary/aromatic N) is 3. The van der Waals surface area contributed by atoms with Crippen molar-refractivity contribution in [3.63, 3.8) is 0 Å². The normalized spacial score (nSPS) is 25.1. The van der Waals surface area contributed by atoms with E-state index in [1.165, 1.54) is 5.56 Å². The van der Waals surface area contributed by atoms with E-state index in [9.17, 15) is 5.11 Å². The maximum absolute atomic E-state index is 11.0. The second-order valence-corrected chi connectivity index (χ2v) is 7.95. The Labute approximate surface area is 163 Å². The lowest BCUT2D eigenvalue weighted by Gasteiger charge is -2.36. The zero-order chi connectivity index (χ0) is 19.1. The van der Waals surface area contributed by atoms with Crippen molar-refractivity contribution in [3.8, 4) is 5.75 Å². The van der Waals surface area contributed by atoms with Gasteiger partial charge in [0.25, 0.3) is 0 Å². The van der Waals surface area contributed by atoms with Gasteiger partial charge in [-0.05, 0) is 38.1 Å². The molecule has 152 valence electrons. The largest absolute Gasteiger partial charge is 0.491 e. The fourth-order valence-corrected chi connectivity index (χ4v) is 3.94. The van der Waals surface area contributed by atoms with Crippen LogP contribution in [0.3, 0.4) is 0 Å². The molecule has 0 amide bonds. The first-order valence-electron chi connectivity index (χ1n) is 10.2. The number of aliphatic hydroxyl groups is 1. The standard InChI is InChI=1S/C21H35N3O3/c1-3-26-14-15-27-20-6-4-19(5-7-20)16-24-9-8-21(25,18-24)17-23-12-10-22(2)11-13-23/h4-7,25H,3,8-18H2,1-2H3/t21-/m0/s1. The average Bonchev–Trinajstić information content (AvgIpc) is 3.02. The zero-order valence-corrected chi connectivity index (χ0v) is 16.9. The lowest BCUT2D eigenvalue weighted by molar-refractivity contribution is -0.000370. The smallest absolute Gasteiger partial charge is 0.119 e. The van der Waals surface area contributed by atoms with Crippen LogP contribution < -0.4 is 4.74 Å². The predicted molar refractivity (Wildman–Crippen MR) is 107 cm³/mol. The third kappa shape index (κ3) is 6.43. The molecule has 0 spiro atoms. The van der Waals surface area contributed by atoms with Crippen LogP contribution in [-0.4, -0.2) is 98.1 Å². The van der Waals surface area contributed by atoms with Gasteiger partial charge in [0.2, 0.25) is 0 Å².